The molecule has 2 atom stereocenters. The Morgan fingerprint density at radius 2 is 1.79 bits per heavy atom. The normalized spacial score (nSPS) is 21.6. The molecule has 1 saturated carbocycles. The highest BCUT2D eigenvalue weighted by Gasteiger charge is 2.23. The lowest BCUT2D eigenvalue weighted by molar-refractivity contribution is 0.204. The summed E-state index contributed by atoms with van der Waals surface area (Å²) in [5.41, 5.74) is 0. The van der Waals surface area contributed by atoms with Crippen molar-refractivity contribution < 1.29 is 0 Å². The van der Waals surface area contributed by atoms with Crippen molar-refractivity contribution in [2.24, 2.45) is 17.8 Å². The van der Waals surface area contributed by atoms with Gasteiger partial charge in [-0.2, -0.15) is 0 Å². The van der Waals surface area contributed by atoms with Gasteiger partial charge in [0.25, 0.3) is 0 Å². The average molecular weight is 196 g/mol. The van der Waals surface area contributed by atoms with E-state index in [2.05, 4.69) is 20.8 Å². The first kappa shape index (κ1) is 12.1. The van der Waals surface area contributed by atoms with E-state index in [9.17, 15) is 0 Å². The second-order valence-electron chi connectivity index (χ2n) is 5.49. The van der Waals surface area contributed by atoms with Gasteiger partial charge in [0.1, 0.15) is 0 Å². The van der Waals surface area contributed by atoms with Crippen LogP contribution in [0, 0.1) is 17.8 Å². The number of hydrogen-bond donors (Lipinski definition) is 0. The molecule has 0 radical (unpaired) electrons. The van der Waals surface area contributed by atoms with Gasteiger partial charge in [-0.3, -0.25) is 0 Å². The van der Waals surface area contributed by atoms with Crippen LogP contribution in [0.4, 0.5) is 0 Å². The van der Waals surface area contributed by atoms with E-state index in [1.807, 2.05) is 0 Å². The van der Waals surface area contributed by atoms with Crippen LogP contribution in [0.3, 0.4) is 0 Å². The summed E-state index contributed by atoms with van der Waals surface area (Å²) < 4.78 is 0. The Morgan fingerprint density at radius 1 is 1.07 bits per heavy atom. The molecule has 14 heavy (non-hydrogen) atoms. The molecule has 0 aromatic rings. The molecule has 0 aromatic carbocycles. The topological polar surface area (TPSA) is 0 Å². The first-order valence-corrected chi connectivity index (χ1v) is 6.74. The molecule has 1 fully saturated rings. The molecule has 2 unspecified atom stereocenters. The SMILES string of the molecule is CCCC(C)CCCC(C)C1CCC1. The number of rotatable bonds is 7. The van der Waals surface area contributed by atoms with Crippen LogP contribution in [0.25, 0.3) is 0 Å². The van der Waals surface area contributed by atoms with E-state index in [4.69, 9.17) is 0 Å². The summed E-state index contributed by atoms with van der Waals surface area (Å²) in [6, 6.07) is 0. The molecule has 1 rings (SSSR count). The molecule has 0 aliphatic heterocycles. The summed E-state index contributed by atoms with van der Waals surface area (Å²) in [5.74, 6) is 3.07. The summed E-state index contributed by atoms with van der Waals surface area (Å²) in [5, 5.41) is 0. The van der Waals surface area contributed by atoms with Gasteiger partial charge >= 0.3 is 0 Å². The molecular formula is C14H28. The van der Waals surface area contributed by atoms with Crippen molar-refractivity contribution in [2.45, 2.75) is 72.1 Å². The van der Waals surface area contributed by atoms with Crippen LogP contribution in [0.1, 0.15) is 72.1 Å². The second kappa shape index (κ2) is 6.48. The van der Waals surface area contributed by atoms with E-state index >= 15 is 0 Å². The molecule has 1 aliphatic carbocycles. The highest BCUT2D eigenvalue weighted by atomic mass is 14.3. The molecule has 0 bridgehead atoms. The molecule has 0 aromatic heterocycles. The molecule has 0 spiro atoms. The molecular weight excluding hydrogens is 168 g/mol. The fourth-order valence-electron chi connectivity index (χ4n) is 2.67. The first-order chi connectivity index (χ1) is 6.74. The summed E-state index contributed by atoms with van der Waals surface area (Å²) in [6.07, 6.45) is 11.7. The molecule has 84 valence electrons. The van der Waals surface area contributed by atoms with Crippen molar-refractivity contribution in [3.63, 3.8) is 0 Å². The van der Waals surface area contributed by atoms with Crippen molar-refractivity contribution in [3.05, 3.63) is 0 Å². The van der Waals surface area contributed by atoms with E-state index in [0.717, 1.165) is 17.8 Å². The van der Waals surface area contributed by atoms with Gasteiger partial charge in [0.2, 0.25) is 0 Å². The van der Waals surface area contributed by atoms with Crippen LogP contribution in [-0.2, 0) is 0 Å². The van der Waals surface area contributed by atoms with Crippen LogP contribution in [0.15, 0.2) is 0 Å². The Balaban J connectivity index is 1.96. The lowest BCUT2D eigenvalue weighted by Gasteiger charge is -2.31. The maximum Gasteiger partial charge on any atom is -0.0388 e. The summed E-state index contributed by atoms with van der Waals surface area (Å²) in [6.45, 7) is 7.18. The van der Waals surface area contributed by atoms with Crippen LogP contribution in [0.5, 0.6) is 0 Å². The highest BCUT2D eigenvalue weighted by Crippen LogP contribution is 2.35. The molecule has 0 saturated heterocycles. The molecule has 0 amide bonds. The monoisotopic (exact) mass is 196 g/mol. The van der Waals surface area contributed by atoms with Crippen LogP contribution in [0.2, 0.25) is 0 Å². The third-order valence-corrected chi connectivity index (χ3v) is 4.09. The van der Waals surface area contributed by atoms with Crippen molar-refractivity contribution >= 4 is 0 Å². The van der Waals surface area contributed by atoms with E-state index in [1.165, 1.54) is 51.4 Å². The van der Waals surface area contributed by atoms with Crippen LogP contribution >= 0.6 is 0 Å². The Labute approximate surface area is 90.5 Å². The maximum atomic E-state index is 2.47. The van der Waals surface area contributed by atoms with Gasteiger partial charge in [-0.05, 0) is 17.8 Å². The molecule has 0 heterocycles. The van der Waals surface area contributed by atoms with Gasteiger partial charge in [-0.1, -0.05) is 72.1 Å². The second-order valence-corrected chi connectivity index (χ2v) is 5.49. The van der Waals surface area contributed by atoms with Gasteiger partial charge < -0.3 is 0 Å². The minimum atomic E-state index is 0.966. The standard InChI is InChI=1S/C14H28/c1-4-7-12(2)8-5-9-13(3)14-10-6-11-14/h12-14H,4-11H2,1-3H3. The fourth-order valence-corrected chi connectivity index (χ4v) is 2.67. The summed E-state index contributed by atoms with van der Waals surface area (Å²) in [4.78, 5) is 0. The van der Waals surface area contributed by atoms with Gasteiger partial charge in [-0.25, -0.2) is 0 Å². The van der Waals surface area contributed by atoms with Crippen LogP contribution in [-0.4, -0.2) is 0 Å². The Kier molecular flexibility index (Phi) is 5.59. The predicted molar refractivity (Wildman–Crippen MR) is 64.4 cm³/mol. The van der Waals surface area contributed by atoms with Crippen molar-refractivity contribution in [2.75, 3.05) is 0 Å². The summed E-state index contributed by atoms with van der Waals surface area (Å²) >= 11 is 0. The first-order valence-electron chi connectivity index (χ1n) is 6.74. The van der Waals surface area contributed by atoms with E-state index in [1.54, 1.807) is 0 Å². The summed E-state index contributed by atoms with van der Waals surface area (Å²) in [7, 11) is 0. The third kappa shape index (κ3) is 4.02. The average Bonchev–Trinajstić information content (AvgIpc) is 2.01. The van der Waals surface area contributed by atoms with E-state index < -0.39 is 0 Å². The van der Waals surface area contributed by atoms with E-state index in [-0.39, 0.29) is 0 Å². The minimum absolute atomic E-state index is 0.966. The Morgan fingerprint density at radius 3 is 2.29 bits per heavy atom. The van der Waals surface area contributed by atoms with Gasteiger partial charge in [0, 0.05) is 0 Å². The molecule has 1 aliphatic rings. The van der Waals surface area contributed by atoms with Gasteiger partial charge in [0.15, 0.2) is 0 Å². The quantitative estimate of drug-likeness (QED) is 0.536. The maximum absolute atomic E-state index is 2.47. The van der Waals surface area contributed by atoms with Gasteiger partial charge in [-0.15, -0.1) is 0 Å². The smallest absolute Gasteiger partial charge is 0.0388 e. The number of hydrogen-bond acceptors (Lipinski definition) is 0. The Bertz CT molecular complexity index is 135. The van der Waals surface area contributed by atoms with Crippen LogP contribution < -0.4 is 0 Å². The zero-order valence-corrected chi connectivity index (χ0v) is 10.4. The fraction of sp³-hybridized carbons (Fsp3) is 1.00. The highest BCUT2D eigenvalue weighted by molar-refractivity contribution is 4.74. The molecule has 0 N–H and O–H groups in total. The molecule has 0 nitrogen and oxygen atoms in total. The predicted octanol–water partition coefficient (Wildman–Crippen LogP) is 5.03. The third-order valence-electron chi connectivity index (χ3n) is 4.09. The van der Waals surface area contributed by atoms with Crippen molar-refractivity contribution in [1.82, 2.24) is 0 Å². The van der Waals surface area contributed by atoms with Crippen molar-refractivity contribution in [1.29, 1.82) is 0 Å². The largest absolute Gasteiger partial charge is 0.0654 e. The lowest BCUT2D eigenvalue weighted by atomic mass is 9.75. The zero-order chi connectivity index (χ0) is 10.4. The van der Waals surface area contributed by atoms with Crippen molar-refractivity contribution in [3.8, 4) is 0 Å². The Hall–Kier alpha value is 0. The zero-order valence-electron chi connectivity index (χ0n) is 10.4. The lowest BCUT2D eigenvalue weighted by Crippen LogP contribution is -2.19. The molecule has 0 heteroatoms. The van der Waals surface area contributed by atoms with Gasteiger partial charge in [0.05, 0.1) is 0 Å². The minimum Gasteiger partial charge on any atom is -0.0654 e. The van der Waals surface area contributed by atoms with E-state index in [0.29, 0.717) is 0 Å².